The molecule has 0 saturated carbocycles. The Kier molecular flexibility index (Phi) is 5.50. The van der Waals surface area contributed by atoms with Crippen molar-refractivity contribution in [3.8, 4) is 0 Å². The predicted molar refractivity (Wildman–Crippen MR) is 70.8 cm³/mol. The third kappa shape index (κ3) is 4.05. The van der Waals surface area contributed by atoms with E-state index in [1.807, 2.05) is 20.2 Å². The molecule has 6 heteroatoms. The minimum absolute atomic E-state index is 0.0951. The summed E-state index contributed by atoms with van der Waals surface area (Å²) in [6.07, 6.45) is 4.48. The van der Waals surface area contributed by atoms with E-state index in [1.54, 1.807) is 22.6 Å². The predicted octanol–water partition coefficient (Wildman–Crippen LogP) is 0.425. The van der Waals surface area contributed by atoms with Crippen LogP contribution in [-0.4, -0.2) is 33.7 Å². The van der Waals surface area contributed by atoms with Crippen molar-refractivity contribution in [3.05, 3.63) is 17.5 Å². The number of aromatic nitrogens is 2. The molecule has 1 aromatic heterocycles. The molecule has 1 amide bonds. The summed E-state index contributed by atoms with van der Waals surface area (Å²) in [7, 11) is 1.88. The van der Waals surface area contributed by atoms with Gasteiger partial charge in [-0.1, -0.05) is 0 Å². The maximum absolute atomic E-state index is 11.7. The lowest BCUT2D eigenvalue weighted by atomic mass is 10.2. The van der Waals surface area contributed by atoms with E-state index < -0.39 is 6.04 Å². The quantitative estimate of drug-likeness (QED) is 0.774. The van der Waals surface area contributed by atoms with Crippen LogP contribution in [0.2, 0.25) is 0 Å². The minimum Gasteiger partial charge on any atom is -0.351 e. The maximum Gasteiger partial charge on any atom is 0.237 e. The van der Waals surface area contributed by atoms with Gasteiger partial charge in [-0.05, 0) is 25.4 Å². The monoisotopic (exact) mass is 256 g/mol. The van der Waals surface area contributed by atoms with Gasteiger partial charge >= 0.3 is 0 Å². The number of amides is 1. The fourth-order valence-electron chi connectivity index (χ4n) is 1.41. The SMILES string of the molecule is CSCC[C@H](N)C(=O)NCc1cnn(C)c1C. The Morgan fingerprint density at radius 3 is 2.94 bits per heavy atom. The molecule has 0 aliphatic heterocycles. The van der Waals surface area contributed by atoms with E-state index in [2.05, 4.69) is 10.4 Å². The summed E-state index contributed by atoms with van der Waals surface area (Å²) in [6, 6.07) is -0.417. The first-order valence-corrected chi connectivity index (χ1v) is 6.95. The molecule has 5 nitrogen and oxygen atoms in total. The number of aryl methyl sites for hydroxylation is 1. The third-order valence-corrected chi connectivity index (χ3v) is 3.40. The van der Waals surface area contributed by atoms with Crippen molar-refractivity contribution in [2.75, 3.05) is 12.0 Å². The summed E-state index contributed by atoms with van der Waals surface area (Å²) in [5.74, 6) is 0.808. The van der Waals surface area contributed by atoms with Gasteiger partial charge in [0.05, 0.1) is 12.2 Å². The van der Waals surface area contributed by atoms with Gasteiger partial charge in [0, 0.05) is 24.8 Å². The molecule has 1 heterocycles. The second-order valence-electron chi connectivity index (χ2n) is 3.98. The molecule has 1 rings (SSSR count). The summed E-state index contributed by atoms with van der Waals surface area (Å²) < 4.78 is 1.79. The van der Waals surface area contributed by atoms with Crippen LogP contribution in [0.1, 0.15) is 17.7 Å². The van der Waals surface area contributed by atoms with E-state index >= 15 is 0 Å². The fourth-order valence-corrected chi connectivity index (χ4v) is 1.90. The van der Waals surface area contributed by atoms with Crippen molar-refractivity contribution >= 4 is 17.7 Å². The average Bonchev–Trinajstić information content (AvgIpc) is 2.64. The zero-order valence-electron chi connectivity index (χ0n) is 10.6. The zero-order chi connectivity index (χ0) is 12.8. The number of carbonyl (C=O) groups is 1. The molecule has 0 aliphatic carbocycles. The lowest BCUT2D eigenvalue weighted by molar-refractivity contribution is -0.122. The first-order valence-electron chi connectivity index (χ1n) is 5.56. The molecular formula is C11H20N4OS. The highest BCUT2D eigenvalue weighted by molar-refractivity contribution is 7.98. The highest BCUT2D eigenvalue weighted by atomic mass is 32.2. The summed E-state index contributed by atoms with van der Waals surface area (Å²) in [6.45, 7) is 2.47. The minimum atomic E-state index is -0.417. The van der Waals surface area contributed by atoms with Crippen LogP contribution < -0.4 is 11.1 Å². The van der Waals surface area contributed by atoms with Gasteiger partial charge in [0.15, 0.2) is 0 Å². The van der Waals surface area contributed by atoms with Crippen molar-refractivity contribution < 1.29 is 4.79 Å². The number of nitrogens with zero attached hydrogens (tertiary/aromatic N) is 2. The number of thioether (sulfide) groups is 1. The lowest BCUT2D eigenvalue weighted by Gasteiger charge is -2.11. The highest BCUT2D eigenvalue weighted by Gasteiger charge is 2.13. The van der Waals surface area contributed by atoms with Gasteiger partial charge in [0.2, 0.25) is 5.91 Å². The molecule has 0 radical (unpaired) electrons. The van der Waals surface area contributed by atoms with E-state index in [9.17, 15) is 4.79 Å². The molecule has 0 bridgehead atoms. The Balaban J connectivity index is 2.40. The van der Waals surface area contributed by atoms with Crippen LogP contribution in [0.3, 0.4) is 0 Å². The van der Waals surface area contributed by atoms with E-state index in [4.69, 9.17) is 5.73 Å². The first-order chi connectivity index (χ1) is 8.06. The second-order valence-corrected chi connectivity index (χ2v) is 4.97. The number of nitrogens with one attached hydrogen (secondary N) is 1. The molecule has 3 N–H and O–H groups in total. The molecule has 0 saturated heterocycles. The van der Waals surface area contributed by atoms with Gasteiger partial charge in [-0.2, -0.15) is 16.9 Å². The van der Waals surface area contributed by atoms with Crippen LogP contribution in [0.25, 0.3) is 0 Å². The van der Waals surface area contributed by atoms with Crippen LogP contribution >= 0.6 is 11.8 Å². The van der Waals surface area contributed by atoms with E-state index in [0.717, 1.165) is 17.0 Å². The Morgan fingerprint density at radius 1 is 1.71 bits per heavy atom. The molecule has 0 fully saturated rings. The van der Waals surface area contributed by atoms with Crippen LogP contribution in [0.5, 0.6) is 0 Å². The molecule has 0 aromatic carbocycles. The Bertz CT molecular complexity index is 378. The van der Waals surface area contributed by atoms with E-state index in [-0.39, 0.29) is 5.91 Å². The standard InChI is InChI=1S/C11H20N4OS/c1-8-9(7-14-15(8)2)6-13-11(16)10(12)4-5-17-3/h7,10H,4-6,12H2,1-3H3,(H,13,16)/t10-/m0/s1. The average molecular weight is 256 g/mol. The van der Waals surface area contributed by atoms with Crippen LogP contribution in [-0.2, 0) is 18.4 Å². The van der Waals surface area contributed by atoms with Crippen molar-refractivity contribution in [2.45, 2.75) is 25.9 Å². The molecule has 0 aliphatic rings. The van der Waals surface area contributed by atoms with Crippen LogP contribution in [0.15, 0.2) is 6.20 Å². The van der Waals surface area contributed by atoms with Gasteiger partial charge in [-0.3, -0.25) is 9.48 Å². The van der Waals surface area contributed by atoms with Crippen LogP contribution in [0.4, 0.5) is 0 Å². The molecule has 0 spiro atoms. The molecule has 0 unspecified atom stereocenters. The summed E-state index contributed by atoms with van der Waals surface area (Å²) in [5, 5.41) is 6.95. The Morgan fingerprint density at radius 2 is 2.41 bits per heavy atom. The van der Waals surface area contributed by atoms with Crippen LogP contribution in [0, 0.1) is 6.92 Å². The van der Waals surface area contributed by atoms with Gasteiger partial charge in [-0.25, -0.2) is 0 Å². The van der Waals surface area contributed by atoms with Crippen molar-refractivity contribution in [1.29, 1.82) is 0 Å². The summed E-state index contributed by atoms with van der Waals surface area (Å²) >= 11 is 1.69. The van der Waals surface area contributed by atoms with Crippen molar-refractivity contribution in [2.24, 2.45) is 12.8 Å². The van der Waals surface area contributed by atoms with Crippen molar-refractivity contribution in [3.63, 3.8) is 0 Å². The van der Waals surface area contributed by atoms with E-state index in [1.165, 1.54) is 0 Å². The normalized spacial score (nSPS) is 12.5. The lowest BCUT2D eigenvalue weighted by Crippen LogP contribution is -2.40. The number of rotatable bonds is 6. The molecule has 17 heavy (non-hydrogen) atoms. The number of carbonyl (C=O) groups excluding carboxylic acids is 1. The maximum atomic E-state index is 11.7. The third-order valence-electron chi connectivity index (χ3n) is 2.76. The summed E-state index contributed by atoms with van der Waals surface area (Å²) in [5.41, 5.74) is 7.85. The second kappa shape index (κ2) is 6.66. The number of nitrogens with two attached hydrogens (primary N) is 1. The first kappa shape index (κ1) is 14.1. The number of hydrogen-bond acceptors (Lipinski definition) is 4. The topological polar surface area (TPSA) is 72.9 Å². The molecular weight excluding hydrogens is 236 g/mol. The van der Waals surface area contributed by atoms with Gasteiger partial charge in [0.1, 0.15) is 0 Å². The fraction of sp³-hybridized carbons (Fsp3) is 0.636. The highest BCUT2D eigenvalue weighted by Crippen LogP contribution is 2.05. The molecule has 1 aromatic rings. The summed E-state index contributed by atoms with van der Waals surface area (Å²) in [4.78, 5) is 11.7. The number of hydrogen-bond donors (Lipinski definition) is 2. The Hall–Kier alpha value is -1.01. The van der Waals surface area contributed by atoms with E-state index in [0.29, 0.717) is 13.0 Å². The molecule has 96 valence electrons. The van der Waals surface area contributed by atoms with Crippen molar-refractivity contribution in [1.82, 2.24) is 15.1 Å². The van der Waals surface area contributed by atoms with Gasteiger partial charge in [-0.15, -0.1) is 0 Å². The van der Waals surface area contributed by atoms with Gasteiger partial charge < -0.3 is 11.1 Å². The Labute approximate surface area is 106 Å². The van der Waals surface area contributed by atoms with Gasteiger partial charge in [0.25, 0.3) is 0 Å². The smallest absolute Gasteiger partial charge is 0.237 e. The largest absolute Gasteiger partial charge is 0.351 e. The molecule has 1 atom stereocenters. The zero-order valence-corrected chi connectivity index (χ0v) is 11.4.